The normalized spacial score (nSPS) is 35.1. The van der Waals surface area contributed by atoms with Gasteiger partial charge in [0.2, 0.25) is 0 Å². The second kappa shape index (κ2) is 2.82. The lowest BCUT2D eigenvalue weighted by Gasteiger charge is -2.15. The van der Waals surface area contributed by atoms with Crippen molar-refractivity contribution in [1.29, 1.82) is 0 Å². The Morgan fingerprint density at radius 1 is 1.55 bits per heavy atom. The van der Waals surface area contributed by atoms with E-state index in [9.17, 15) is 0 Å². The van der Waals surface area contributed by atoms with Gasteiger partial charge in [-0.2, -0.15) is 0 Å². The molecule has 0 radical (unpaired) electrons. The van der Waals surface area contributed by atoms with Crippen molar-refractivity contribution in [2.75, 3.05) is 6.61 Å². The smallest absolute Gasteiger partial charge is 0.165 e. The first-order valence-corrected chi connectivity index (χ1v) is 3.51. The highest BCUT2D eigenvalue weighted by Crippen LogP contribution is 2.27. The standard InChI is InChI=1S/C8H12O3/c1-4-6-7(5-9)11-8(2,3)10-6/h1,6-7,9H,5H2,2-3H3/t6-,7+/m0/s1. The maximum Gasteiger partial charge on any atom is 0.165 e. The number of hydrogen-bond acceptors (Lipinski definition) is 3. The van der Waals surface area contributed by atoms with Crippen LogP contribution in [0.2, 0.25) is 0 Å². The number of rotatable bonds is 1. The Labute approximate surface area is 66.3 Å². The summed E-state index contributed by atoms with van der Waals surface area (Å²) in [5, 5.41) is 8.80. The van der Waals surface area contributed by atoms with Crippen molar-refractivity contribution in [3.8, 4) is 12.3 Å². The quantitative estimate of drug-likeness (QED) is 0.548. The van der Waals surface area contributed by atoms with Gasteiger partial charge in [-0.3, -0.25) is 0 Å². The van der Waals surface area contributed by atoms with Crippen LogP contribution in [0.5, 0.6) is 0 Å². The van der Waals surface area contributed by atoms with Gasteiger partial charge in [0, 0.05) is 0 Å². The molecular weight excluding hydrogens is 144 g/mol. The van der Waals surface area contributed by atoms with E-state index >= 15 is 0 Å². The van der Waals surface area contributed by atoms with Crippen molar-refractivity contribution >= 4 is 0 Å². The third-order valence-electron chi connectivity index (χ3n) is 1.53. The molecule has 62 valence electrons. The summed E-state index contributed by atoms with van der Waals surface area (Å²) in [6.07, 6.45) is 4.35. The fourth-order valence-corrected chi connectivity index (χ4v) is 1.11. The van der Waals surface area contributed by atoms with Gasteiger partial charge in [-0.1, -0.05) is 5.92 Å². The highest BCUT2D eigenvalue weighted by molar-refractivity contribution is 5.02. The Morgan fingerprint density at radius 2 is 2.18 bits per heavy atom. The number of aliphatic hydroxyl groups excluding tert-OH is 1. The summed E-state index contributed by atoms with van der Waals surface area (Å²) in [5.41, 5.74) is 0. The molecule has 3 nitrogen and oxygen atoms in total. The summed E-state index contributed by atoms with van der Waals surface area (Å²) >= 11 is 0. The summed E-state index contributed by atoms with van der Waals surface area (Å²) in [6.45, 7) is 3.44. The van der Waals surface area contributed by atoms with Gasteiger partial charge < -0.3 is 14.6 Å². The van der Waals surface area contributed by atoms with Crippen LogP contribution in [0.4, 0.5) is 0 Å². The van der Waals surface area contributed by atoms with Crippen LogP contribution in [0, 0.1) is 12.3 Å². The molecule has 0 aliphatic carbocycles. The highest BCUT2D eigenvalue weighted by atomic mass is 16.8. The third-order valence-corrected chi connectivity index (χ3v) is 1.53. The molecular formula is C8H12O3. The molecule has 1 N–H and O–H groups in total. The van der Waals surface area contributed by atoms with E-state index in [1.165, 1.54) is 0 Å². The van der Waals surface area contributed by atoms with Gasteiger partial charge in [-0.05, 0) is 13.8 Å². The first-order valence-electron chi connectivity index (χ1n) is 3.51. The Kier molecular flexibility index (Phi) is 2.19. The van der Waals surface area contributed by atoms with Crippen LogP contribution in [0.3, 0.4) is 0 Å². The minimum Gasteiger partial charge on any atom is -0.394 e. The molecule has 0 bridgehead atoms. The minimum absolute atomic E-state index is 0.0989. The SMILES string of the molecule is C#C[C@@H]1OC(C)(C)O[C@@H]1CO. The molecule has 0 aromatic carbocycles. The van der Waals surface area contributed by atoms with Crippen molar-refractivity contribution in [2.45, 2.75) is 31.8 Å². The number of aliphatic hydroxyl groups is 1. The first kappa shape index (κ1) is 8.54. The van der Waals surface area contributed by atoms with E-state index in [1.54, 1.807) is 13.8 Å². The van der Waals surface area contributed by atoms with Gasteiger partial charge >= 0.3 is 0 Å². The molecule has 1 fully saturated rings. The maximum absolute atomic E-state index is 8.80. The van der Waals surface area contributed by atoms with Gasteiger partial charge in [0.25, 0.3) is 0 Å². The molecule has 1 rings (SSSR count). The zero-order valence-corrected chi connectivity index (χ0v) is 6.70. The van der Waals surface area contributed by atoms with Crippen molar-refractivity contribution in [2.24, 2.45) is 0 Å². The predicted octanol–water partition coefficient (Wildman–Crippen LogP) is 0.132. The molecule has 11 heavy (non-hydrogen) atoms. The molecule has 0 aromatic rings. The number of hydrogen-bond donors (Lipinski definition) is 1. The Morgan fingerprint density at radius 3 is 2.55 bits per heavy atom. The average Bonchev–Trinajstić information content (AvgIpc) is 2.25. The summed E-state index contributed by atoms with van der Waals surface area (Å²) < 4.78 is 10.6. The second-order valence-corrected chi connectivity index (χ2v) is 2.94. The van der Waals surface area contributed by atoms with E-state index in [-0.39, 0.29) is 12.7 Å². The fourth-order valence-electron chi connectivity index (χ4n) is 1.11. The van der Waals surface area contributed by atoms with Gasteiger partial charge in [0.05, 0.1) is 6.61 Å². The molecule has 1 aliphatic rings. The zero-order chi connectivity index (χ0) is 8.48. The lowest BCUT2D eigenvalue weighted by atomic mass is 10.2. The monoisotopic (exact) mass is 156 g/mol. The Hall–Kier alpha value is -0.560. The third kappa shape index (κ3) is 1.72. The summed E-state index contributed by atoms with van der Waals surface area (Å²) in [6, 6.07) is 0. The van der Waals surface area contributed by atoms with Crippen LogP contribution in [-0.4, -0.2) is 29.7 Å². The van der Waals surface area contributed by atoms with Crippen molar-refractivity contribution in [1.82, 2.24) is 0 Å². The van der Waals surface area contributed by atoms with Crippen LogP contribution in [0.1, 0.15) is 13.8 Å². The van der Waals surface area contributed by atoms with E-state index in [0.717, 1.165) is 0 Å². The summed E-state index contributed by atoms with van der Waals surface area (Å²) in [5.74, 6) is 1.75. The fraction of sp³-hybridized carbons (Fsp3) is 0.750. The average molecular weight is 156 g/mol. The summed E-state index contributed by atoms with van der Waals surface area (Å²) in [4.78, 5) is 0. The van der Waals surface area contributed by atoms with Crippen molar-refractivity contribution in [3.63, 3.8) is 0 Å². The van der Waals surface area contributed by atoms with Crippen molar-refractivity contribution in [3.05, 3.63) is 0 Å². The molecule has 1 aliphatic heterocycles. The van der Waals surface area contributed by atoms with E-state index in [1.807, 2.05) is 0 Å². The van der Waals surface area contributed by atoms with E-state index in [2.05, 4.69) is 5.92 Å². The minimum atomic E-state index is -0.662. The maximum atomic E-state index is 8.80. The lowest BCUT2D eigenvalue weighted by Crippen LogP contribution is -2.24. The van der Waals surface area contributed by atoms with E-state index in [0.29, 0.717) is 0 Å². The zero-order valence-electron chi connectivity index (χ0n) is 6.70. The molecule has 0 aromatic heterocycles. The van der Waals surface area contributed by atoms with Gasteiger partial charge in [0.1, 0.15) is 12.2 Å². The molecule has 2 atom stereocenters. The van der Waals surface area contributed by atoms with Gasteiger partial charge in [-0.25, -0.2) is 0 Å². The number of terminal acetylenes is 1. The van der Waals surface area contributed by atoms with Gasteiger partial charge in [0.15, 0.2) is 5.79 Å². The van der Waals surface area contributed by atoms with E-state index < -0.39 is 11.9 Å². The van der Waals surface area contributed by atoms with Crippen LogP contribution in [0.15, 0.2) is 0 Å². The molecule has 0 unspecified atom stereocenters. The van der Waals surface area contributed by atoms with Gasteiger partial charge in [-0.15, -0.1) is 6.42 Å². The molecule has 0 spiro atoms. The highest BCUT2D eigenvalue weighted by Gasteiger charge is 2.39. The molecule has 1 saturated heterocycles. The molecule has 3 heteroatoms. The Balaban J connectivity index is 2.64. The van der Waals surface area contributed by atoms with E-state index in [4.69, 9.17) is 21.0 Å². The molecule has 1 heterocycles. The largest absolute Gasteiger partial charge is 0.394 e. The molecule has 0 amide bonds. The first-order chi connectivity index (χ1) is 5.09. The molecule has 0 saturated carbocycles. The second-order valence-electron chi connectivity index (χ2n) is 2.94. The topological polar surface area (TPSA) is 38.7 Å². The Bertz CT molecular complexity index is 180. The van der Waals surface area contributed by atoms with Crippen LogP contribution in [-0.2, 0) is 9.47 Å². The van der Waals surface area contributed by atoms with Crippen LogP contribution >= 0.6 is 0 Å². The van der Waals surface area contributed by atoms with Crippen LogP contribution < -0.4 is 0 Å². The predicted molar refractivity (Wildman–Crippen MR) is 39.7 cm³/mol. The summed E-state index contributed by atoms with van der Waals surface area (Å²) in [7, 11) is 0. The number of ether oxygens (including phenoxy) is 2. The van der Waals surface area contributed by atoms with Crippen LogP contribution in [0.25, 0.3) is 0 Å². The van der Waals surface area contributed by atoms with Crippen molar-refractivity contribution < 1.29 is 14.6 Å². The lowest BCUT2D eigenvalue weighted by molar-refractivity contribution is -0.145.